The number of carboxylic acids is 2. The van der Waals surface area contributed by atoms with E-state index in [9.17, 15) is 33.9 Å². The summed E-state index contributed by atoms with van der Waals surface area (Å²) in [4.78, 5) is 71.3. The Morgan fingerprint density at radius 3 is 1.85 bits per heavy atom. The molecule has 0 saturated heterocycles. The number of carbonyl (C=O) groups excluding carboxylic acids is 4. The zero-order valence-corrected chi connectivity index (χ0v) is 19.4. The topological polar surface area (TPSA) is 257 Å². The van der Waals surface area contributed by atoms with E-state index in [2.05, 4.69) is 16.0 Å². The van der Waals surface area contributed by atoms with Crippen LogP contribution in [0.2, 0.25) is 0 Å². The van der Waals surface area contributed by atoms with Gasteiger partial charge < -0.3 is 43.4 Å². The third-order valence-electron chi connectivity index (χ3n) is 4.86. The van der Waals surface area contributed by atoms with E-state index in [4.69, 9.17) is 22.3 Å². The minimum Gasteiger partial charge on any atom is -0.481 e. The highest BCUT2D eigenvalue weighted by atomic mass is 16.4. The first-order valence-electron chi connectivity index (χ1n) is 10.9. The average molecular weight is 489 g/mol. The molecule has 0 aromatic heterocycles. The lowest BCUT2D eigenvalue weighted by Gasteiger charge is -2.25. The number of rotatable bonds is 17. The highest BCUT2D eigenvalue weighted by molar-refractivity contribution is 5.95. The summed E-state index contributed by atoms with van der Waals surface area (Å²) in [7, 11) is 0. The average Bonchev–Trinajstić information content (AvgIpc) is 2.73. The number of nitrogens with two attached hydrogens (primary N) is 3. The van der Waals surface area contributed by atoms with Gasteiger partial charge in [0.2, 0.25) is 23.6 Å². The van der Waals surface area contributed by atoms with Crippen LogP contribution in [-0.4, -0.2) is 76.5 Å². The molecule has 0 aromatic carbocycles. The van der Waals surface area contributed by atoms with E-state index in [1.165, 1.54) is 0 Å². The predicted octanol–water partition coefficient (Wildman–Crippen LogP) is -2.62. The van der Waals surface area contributed by atoms with E-state index < -0.39 is 72.1 Å². The van der Waals surface area contributed by atoms with Gasteiger partial charge in [0, 0.05) is 6.42 Å². The van der Waals surface area contributed by atoms with Crippen LogP contribution in [0, 0.1) is 5.92 Å². The Morgan fingerprint density at radius 1 is 0.824 bits per heavy atom. The number of hydrogen-bond donors (Lipinski definition) is 8. The first-order chi connectivity index (χ1) is 15.8. The number of primary amides is 1. The van der Waals surface area contributed by atoms with Crippen LogP contribution in [0.4, 0.5) is 0 Å². The largest absolute Gasteiger partial charge is 0.481 e. The van der Waals surface area contributed by atoms with Crippen molar-refractivity contribution in [1.82, 2.24) is 16.0 Å². The van der Waals surface area contributed by atoms with Gasteiger partial charge in [-0.25, -0.2) is 4.79 Å². The van der Waals surface area contributed by atoms with Crippen molar-refractivity contribution in [3.8, 4) is 0 Å². The molecule has 14 nitrogen and oxygen atoms in total. The van der Waals surface area contributed by atoms with E-state index in [1.807, 2.05) is 0 Å². The summed E-state index contributed by atoms with van der Waals surface area (Å²) in [5.41, 5.74) is 16.1. The zero-order chi connectivity index (χ0) is 26.4. The second-order valence-corrected chi connectivity index (χ2v) is 8.18. The van der Waals surface area contributed by atoms with Gasteiger partial charge in [-0.2, -0.15) is 0 Å². The van der Waals surface area contributed by atoms with Crippen LogP contribution in [0.5, 0.6) is 0 Å². The minimum atomic E-state index is -1.57. The Hall–Kier alpha value is -3.26. The molecule has 0 aliphatic carbocycles. The van der Waals surface area contributed by atoms with Crippen molar-refractivity contribution >= 4 is 35.6 Å². The van der Waals surface area contributed by atoms with Crippen molar-refractivity contribution < 1.29 is 39.0 Å². The lowest BCUT2D eigenvalue weighted by atomic mass is 10.0. The molecule has 194 valence electrons. The van der Waals surface area contributed by atoms with Crippen LogP contribution in [-0.2, 0) is 28.8 Å². The molecule has 34 heavy (non-hydrogen) atoms. The molecule has 14 heteroatoms. The maximum atomic E-state index is 12.8. The summed E-state index contributed by atoms with van der Waals surface area (Å²) in [6.07, 6.45) is -0.0582. The molecular formula is C20H36N6O8. The molecule has 0 radical (unpaired) electrons. The van der Waals surface area contributed by atoms with Gasteiger partial charge in [0.25, 0.3) is 0 Å². The minimum absolute atomic E-state index is 0.102. The van der Waals surface area contributed by atoms with Crippen molar-refractivity contribution in [1.29, 1.82) is 0 Å². The molecule has 0 aliphatic heterocycles. The van der Waals surface area contributed by atoms with Gasteiger partial charge in [-0.15, -0.1) is 0 Å². The number of aliphatic carboxylic acids is 2. The van der Waals surface area contributed by atoms with Crippen molar-refractivity contribution in [3.63, 3.8) is 0 Å². The zero-order valence-electron chi connectivity index (χ0n) is 19.4. The molecule has 0 fully saturated rings. The molecule has 0 spiro atoms. The second-order valence-electron chi connectivity index (χ2n) is 8.18. The molecule has 0 heterocycles. The molecule has 0 saturated carbocycles. The third-order valence-corrected chi connectivity index (χ3v) is 4.86. The van der Waals surface area contributed by atoms with E-state index in [1.54, 1.807) is 13.8 Å². The maximum absolute atomic E-state index is 12.8. The van der Waals surface area contributed by atoms with Crippen molar-refractivity contribution in [2.24, 2.45) is 23.1 Å². The Morgan fingerprint density at radius 2 is 1.38 bits per heavy atom. The van der Waals surface area contributed by atoms with E-state index in [0.29, 0.717) is 19.4 Å². The number of unbranched alkanes of at least 4 members (excludes halogenated alkanes) is 1. The van der Waals surface area contributed by atoms with Crippen molar-refractivity contribution in [2.45, 2.75) is 76.5 Å². The molecule has 0 aromatic rings. The smallest absolute Gasteiger partial charge is 0.326 e. The third kappa shape index (κ3) is 12.1. The van der Waals surface area contributed by atoms with Gasteiger partial charge in [-0.05, 0) is 38.1 Å². The van der Waals surface area contributed by atoms with Crippen LogP contribution >= 0.6 is 0 Å². The normalized spacial score (nSPS) is 14.4. The fourth-order valence-electron chi connectivity index (χ4n) is 2.89. The van der Waals surface area contributed by atoms with Crippen molar-refractivity contribution in [2.75, 3.05) is 6.54 Å². The van der Waals surface area contributed by atoms with Crippen molar-refractivity contribution in [3.05, 3.63) is 0 Å². The molecule has 4 atom stereocenters. The number of carboxylic acid groups (broad SMARTS) is 2. The van der Waals surface area contributed by atoms with Crippen LogP contribution in [0.3, 0.4) is 0 Å². The highest BCUT2D eigenvalue weighted by Crippen LogP contribution is 2.07. The summed E-state index contributed by atoms with van der Waals surface area (Å²) in [6.45, 7) is 3.52. The van der Waals surface area contributed by atoms with E-state index >= 15 is 0 Å². The monoisotopic (exact) mass is 488 g/mol. The lowest BCUT2D eigenvalue weighted by Crippen LogP contribution is -2.58. The summed E-state index contributed by atoms with van der Waals surface area (Å²) >= 11 is 0. The van der Waals surface area contributed by atoms with Crippen LogP contribution in [0.15, 0.2) is 0 Å². The van der Waals surface area contributed by atoms with Crippen LogP contribution in [0.1, 0.15) is 52.4 Å². The number of hydrogen-bond acceptors (Lipinski definition) is 8. The Balaban J connectivity index is 5.50. The highest BCUT2D eigenvalue weighted by Gasteiger charge is 2.32. The lowest BCUT2D eigenvalue weighted by molar-refractivity contribution is -0.144. The van der Waals surface area contributed by atoms with Crippen LogP contribution < -0.4 is 33.2 Å². The fourth-order valence-corrected chi connectivity index (χ4v) is 2.89. The summed E-state index contributed by atoms with van der Waals surface area (Å²) in [6, 6.07) is -5.20. The van der Waals surface area contributed by atoms with Crippen LogP contribution in [0.25, 0.3) is 0 Å². The Kier molecular flexibility index (Phi) is 14.1. The van der Waals surface area contributed by atoms with Gasteiger partial charge in [0.1, 0.15) is 18.1 Å². The van der Waals surface area contributed by atoms with Gasteiger partial charge in [-0.3, -0.25) is 24.0 Å². The fraction of sp³-hybridized carbons (Fsp3) is 0.700. The summed E-state index contributed by atoms with van der Waals surface area (Å²) in [5.74, 6) is -6.40. The van der Waals surface area contributed by atoms with Gasteiger partial charge in [-0.1, -0.05) is 13.8 Å². The quantitative estimate of drug-likeness (QED) is 0.0988. The molecule has 0 bridgehead atoms. The van der Waals surface area contributed by atoms with Gasteiger partial charge >= 0.3 is 11.9 Å². The first-order valence-corrected chi connectivity index (χ1v) is 10.9. The molecule has 11 N–H and O–H groups in total. The first kappa shape index (κ1) is 30.7. The summed E-state index contributed by atoms with van der Waals surface area (Å²) in [5, 5.41) is 25.4. The maximum Gasteiger partial charge on any atom is 0.326 e. The van der Waals surface area contributed by atoms with E-state index in [-0.39, 0.29) is 19.3 Å². The molecule has 4 unspecified atom stereocenters. The van der Waals surface area contributed by atoms with Gasteiger partial charge in [0.15, 0.2) is 0 Å². The number of amides is 4. The second kappa shape index (κ2) is 15.6. The Labute approximate surface area is 197 Å². The van der Waals surface area contributed by atoms with Gasteiger partial charge in [0.05, 0.1) is 12.5 Å². The molecule has 0 rings (SSSR count). The summed E-state index contributed by atoms with van der Waals surface area (Å²) < 4.78 is 0. The Bertz CT molecular complexity index is 745. The SMILES string of the molecule is CC(C)C(NC(=O)C(CCCCN)NC(=O)C(CC(=O)O)NC(=O)C(N)CCC(N)=O)C(=O)O. The predicted molar refractivity (Wildman–Crippen MR) is 120 cm³/mol. The molecular weight excluding hydrogens is 452 g/mol. The molecule has 0 aliphatic rings. The number of nitrogens with one attached hydrogen (secondary N) is 3. The van der Waals surface area contributed by atoms with E-state index in [0.717, 1.165) is 0 Å². The number of carbonyl (C=O) groups is 6. The standard InChI is InChI=1S/C20H36N6O8/c1-10(2)16(20(33)34)26-18(31)12(5-3-4-8-21)24-19(32)13(9-15(28)29)25-17(30)11(22)6-7-14(23)27/h10-13,16H,3-9,21-22H2,1-2H3,(H2,23,27)(H,24,32)(H,25,30)(H,26,31)(H,28,29)(H,33,34). The molecule has 4 amide bonds.